The average molecular weight is 372 g/mol. The first-order chi connectivity index (χ1) is 11.4. The van der Waals surface area contributed by atoms with Crippen molar-refractivity contribution in [3.8, 4) is 0 Å². The average Bonchev–Trinajstić information content (AvgIpc) is 2.49. The number of halogens is 6. The fourth-order valence-corrected chi connectivity index (χ4v) is 2.51. The van der Waals surface area contributed by atoms with Gasteiger partial charge in [0.15, 0.2) is 6.29 Å². The van der Waals surface area contributed by atoms with Crippen LogP contribution in [0.3, 0.4) is 0 Å². The molecule has 0 N–H and O–H groups in total. The van der Waals surface area contributed by atoms with Gasteiger partial charge in [0.2, 0.25) is 0 Å². The minimum absolute atomic E-state index is 0.0835. The van der Waals surface area contributed by atoms with Crippen molar-refractivity contribution in [1.82, 2.24) is 0 Å². The summed E-state index contributed by atoms with van der Waals surface area (Å²) in [5, 5.41) is 0. The lowest BCUT2D eigenvalue weighted by atomic mass is 9.87. The van der Waals surface area contributed by atoms with Gasteiger partial charge in [-0.2, -0.15) is 26.3 Å². The molecule has 0 saturated carbocycles. The standard InChI is InChI=1S/C17H22F6O2/c1-5-11(3)13-8-7-9-14(10-13)15(16(18,19)20,17(21,22)23)25-12(4)24-6-2/h7-12H,5-6H2,1-4H3. The van der Waals surface area contributed by atoms with Crippen molar-refractivity contribution in [2.45, 2.75) is 64.3 Å². The Morgan fingerprint density at radius 2 is 1.52 bits per heavy atom. The van der Waals surface area contributed by atoms with E-state index in [1.54, 1.807) is 13.8 Å². The van der Waals surface area contributed by atoms with Crippen LogP contribution in [0.1, 0.15) is 51.2 Å². The van der Waals surface area contributed by atoms with Crippen LogP contribution in [-0.4, -0.2) is 25.2 Å². The van der Waals surface area contributed by atoms with E-state index < -0.39 is 29.8 Å². The Kier molecular flexibility index (Phi) is 6.92. The zero-order chi connectivity index (χ0) is 19.5. The molecule has 144 valence electrons. The molecule has 2 unspecified atom stereocenters. The largest absolute Gasteiger partial charge is 0.430 e. The Balaban J connectivity index is 3.60. The predicted molar refractivity (Wildman–Crippen MR) is 81.1 cm³/mol. The molecule has 0 saturated heterocycles. The molecule has 8 heteroatoms. The van der Waals surface area contributed by atoms with Crippen LogP contribution in [0, 0.1) is 0 Å². The number of ether oxygens (including phenoxy) is 2. The fraction of sp³-hybridized carbons (Fsp3) is 0.647. The molecule has 1 aromatic rings. The van der Waals surface area contributed by atoms with Gasteiger partial charge in [0.05, 0.1) is 0 Å². The molecule has 1 rings (SSSR count). The van der Waals surface area contributed by atoms with Crippen molar-refractivity contribution >= 4 is 0 Å². The van der Waals surface area contributed by atoms with Gasteiger partial charge >= 0.3 is 12.4 Å². The normalized spacial score (nSPS) is 15.9. The molecular weight excluding hydrogens is 350 g/mol. The second-order valence-electron chi connectivity index (χ2n) is 5.75. The Hall–Kier alpha value is -1.28. The number of benzene rings is 1. The highest BCUT2D eigenvalue weighted by molar-refractivity contribution is 5.33. The predicted octanol–water partition coefficient (Wildman–Crippen LogP) is 5.92. The Morgan fingerprint density at radius 1 is 0.960 bits per heavy atom. The van der Waals surface area contributed by atoms with Gasteiger partial charge in [-0.25, -0.2) is 0 Å². The maximum atomic E-state index is 13.7. The lowest BCUT2D eigenvalue weighted by Crippen LogP contribution is -2.57. The molecule has 0 amide bonds. The highest BCUT2D eigenvalue weighted by Crippen LogP contribution is 2.53. The fourth-order valence-electron chi connectivity index (χ4n) is 2.51. The van der Waals surface area contributed by atoms with Crippen molar-refractivity contribution in [1.29, 1.82) is 0 Å². The molecule has 0 aliphatic carbocycles. The van der Waals surface area contributed by atoms with Crippen LogP contribution < -0.4 is 0 Å². The van der Waals surface area contributed by atoms with Gasteiger partial charge in [-0.05, 0) is 31.7 Å². The quantitative estimate of drug-likeness (QED) is 0.437. The molecule has 0 spiro atoms. The van der Waals surface area contributed by atoms with Crippen LogP contribution in [0.4, 0.5) is 26.3 Å². The van der Waals surface area contributed by atoms with Crippen molar-refractivity contribution in [2.75, 3.05) is 6.61 Å². The molecule has 25 heavy (non-hydrogen) atoms. The highest BCUT2D eigenvalue weighted by atomic mass is 19.4. The third-order valence-corrected chi connectivity index (χ3v) is 4.02. The lowest BCUT2D eigenvalue weighted by Gasteiger charge is -2.39. The van der Waals surface area contributed by atoms with Crippen molar-refractivity contribution < 1.29 is 35.8 Å². The van der Waals surface area contributed by atoms with Crippen LogP contribution in [0.15, 0.2) is 24.3 Å². The first-order valence-corrected chi connectivity index (χ1v) is 7.94. The molecule has 2 nitrogen and oxygen atoms in total. The first kappa shape index (κ1) is 21.8. The van der Waals surface area contributed by atoms with Gasteiger partial charge in [-0.15, -0.1) is 0 Å². The Morgan fingerprint density at radius 3 is 1.96 bits per heavy atom. The number of hydrogen-bond acceptors (Lipinski definition) is 2. The molecule has 0 aliphatic rings. The van der Waals surface area contributed by atoms with E-state index in [2.05, 4.69) is 4.74 Å². The lowest BCUT2D eigenvalue weighted by molar-refractivity contribution is -0.415. The third kappa shape index (κ3) is 4.47. The van der Waals surface area contributed by atoms with Gasteiger partial charge < -0.3 is 9.47 Å². The molecule has 0 heterocycles. The van der Waals surface area contributed by atoms with Crippen LogP contribution in [0.5, 0.6) is 0 Å². The third-order valence-electron chi connectivity index (χ3n) is 4.02. The first-order valence-electron chi connectivity index (χ1n) is 7.94. The monoisotopic (exact) mass is 372 g/mol. The Bertz CT molecular complexity index is 539. The van der Waals surface area contributed by atoms with E-state index in [1.165, 1.54) is 19.1 Å². The number of hydrogen-bond donors (Lipinski definition) is 0. The molecule has 0 aliphatic heterocycles. The molecule has 0 aromatic heterocycles. The Labute approximate surface area is 143 Å². The molecule has 0 radical (unpaired) electrons. The van der Waals surface area contributed by atoms with Crippen molar-refractivity contribution in [2.24, 2.45) is 0 Å². The van der Waals surface area contributed by atoms with Gasteiger partial charge in [0.1, 0.15) is 0 Å². The smallest absolute Gasteiger partial charge is 0.353 e. The second kappa shape index (κ2) is 7.95. The van der Waals surface area contributed by atoms with Crippen LogP contribution in [-0.2, 0) is 15.1 Å². The van der Waals surface area contributed by atoms with E-state index in [-0.39, 0.29) is 12.5 Å². The summed E-state index contributed by atoms with van der Waals surface area (Å²) in [6.45, 7) is 5.90. The minimum atomic E-state index is -5.72. The summed E-state index contributed by atoms with van der Waals surface area (Å²) >= 11 is 0. The van der Waals surface area contributed by atoms with Gasteiger partial charge in [-0.1, -0.05) is 38.1 Å². The SMILES string of the molecule is CCOC(C)OC(c1cccc(C(C)CC)c1)(C(F)(F)F)C(F)(F)F. The summed E-state index contributed by atoms with van der Waals surface area (Å²) in [5.74, 6) is -0.191. The van der Waals surface area contributed by atoms with E-state index in [0.717, 1.165) is 19.1 Å². The molecule has 1 aromatic carbocycles. The molecule has 2 atom stereocenters. The number of rotatable bonds is 7. The summed E-state index contributed by atoms with van der Waals surface area (Å²) in [5.41, 5.74) is -5.08. The molecule has 0 fully saturated rings. The maximum Gasteiger partial charge on any atom is 0.430 e. The van der Waals surface area contributed by atoms with E-state index in [4.69, 9.17) is 4.74 Å². The zero-order valence-electron chi connectivity index (χ0n) is 14.5. The van der Waals surface area contributed by atoms with Crippen LogP contribution in [0.2, 0.25) is 0 Å². The summed E-state index contributed by atoms with van der Waals surface area (Å²) in [4.78, 5) is 0. The summed E-state index contributed by atoms with van der Waals surface area (Å²) in [7, 11) is 0. The van der Waals surface area contributed by atoms with Gasteiger partial charge in [0.25, 0.3) is 5.60 Å². The summed E-state index contributed by atoms with van der Waals surface area (Å²) in [6, 6.07) is 4.37. The van der Waals surface area contributed by atoms with Crippen molar-refractivity contribution in [3.63, 3.8) is 0 Å². The number of alkyl halides is 6. The van der Waals surface area contributed by atoms with E-state index in [9.17, 15) is 26.3 Å². The molecule has 0 bridgehead atoms. The topological polar surface area (TPSA) is 18.5 Å². The summed E-state index contributed by atoms with van der Waals surface area (Å²) < 4.78 is 91.3. The maximum absolute atomic E-state index is 13.7. The van der Waals surface area contributed by atoms with E-state index in [1.807, 2.05) is 0 Å². The zero-order valence-corrected chi connectivity index (χ0v) is 14.5. The molecular formula is C17H22F6O2. The van der Waals surface area contributed by atoms with Gasteiger partial charge in [0, 0.05) is 12.2 Å². The van der Waals surface area contributed by atoms with Crippen molar-refractivity contribution in [3.05, 3.63) is 35.4 Å². The highest BCUT2D eigenvalue weighted by Gasteiger charge is 2.74. The van der Waals surface area contributed by atoms with E-state index in [0.29, 0.717) is 12.0 Å². The minimum Gasteiger partial charge on any atom is -0.353 e. The van der Waals surface area contributed by atoms with E-state index >= 15 is 0 Å². The van der Waals surface area contributed by atoms with Crippen LogP contribution >= 0.6 is 0 Å². The second-order valence-corrected chi connectivity index (χ2v) is 5.75. The summed E-state index contributed by atoms with van der Waals surface area (Å²) in [6.07, 6.45) is -12.6. The van der Waals surface area contributed by atoms with Gasteiger partial charge in [-0.3, -0.25) is 0 Å². The van der Waals surface area contributed by atoms with Crippen LogP contribution in [0.25, 0.3) is 0 Å².